The Kier molecular flexibility index (Phi) is 5.45. The number of rotatable bonds is 6. The van der Waals surface area contributed by atoms with Crippen LogP contribution in [0.4, 0.5) is 4.79 Å². The topological polar surface area (TPSA) is 61.4 Å². The van der Waals surface area contributed by atoms with Crippen LogP contribution in [0.3, 0.4) is 0 Å². The molecule has 7 heteroatoms. The van der Waals surface area contributed by atoms with Gasteiger partial charge in [0, 0.05) is 19.5 Å². The van der Waals surface area contributed by atoms with Crippen molar-refractivity contribution in [1.82, 2.24) is 10.6 Å². The fraction of sp³-hybridized carbons (Fsp3) is 0.188. The fourth-order valence-electron chi connectivity index (χ4n) is 2.03. The van der Waals surface area contributed by atoms with Crippen LogP contribution in [0.15, 0.2) is 47.2 Å². The first-order valence-electron chi connectivity index (χ1n) is 7.06. The Morgan fingerprint density at radius 3 is 2.39 bits per heavy atom. The van der Waals surface area contributed by atoms with Gasteiger partial charge >= 0.3 is 6.03 Å². The number of thiophene rings is 3. The molecule has 4 nitrogen and oxygen atoms in total. The molecular formula is C16H16N2O2S3. The van der Waals surface area contributed by atoms with Gasteiger partial charge in [0.15, 0.2) is 0 Å². The number of carbonyl (C=O) groups excluding carboxylic acids is 1. The third-order valence-corrected chi connectivity index (χ3v) is 6.13. The van der Waals surface area contributed by atoms with E-state index in [2.05, 4.69) is 10.6 Å². The first-order valence-corrected chi connectivity index (χ1v) is 9.64. The number of carbonyl (C=O) groups is 1. The Bertz CT molecular complexity index is 735. The molecule has 0 radical (unpaired) electrons. The molecule has 3 aromatic heterocycles. The summed E-state index contributed by atoms with van der Waals surface area (Å²) in [5, 5.41) is 19.9. The highest BCUT2D eigenvalue weighted by molar-refractivity contribution is 7.13. The van der Waals surface area contributed by atoms with Crippen LogP contribution in [0.25, 0.3) is 0 Å². The number of hydrogen-bond donors (Lipinski definition) is 3. The monoisotopic (exact) mass is 364 g/mol. The van der Waals surface area contributed by atoms with Gasteiger partial charge in [0.2, 0.25) is 0 Å². The van der Waals surface area contributed by atoms with Crippen molar-refractivity contribution in [2.45, 2.75) is 19.2 Å². The van der Waals surface area contributed by atoms with Gasteiger partial charge < -0.3 is 15.7 Å². The molecule has 120 valence electrons. The third kappa shape index (κ3) is 4.42. The van der Waals surface area contributed by atoms with Crippen LogP contribution in [0.5, 0.6) is 0 Å². The van der Waals surface area contributed by atoms with Crippen molar-refractivity contribution in [3.63, 3.8) is 0 Å². The lowest BCUT2D eigenvalue weighted by Gasteiger charge is -2.06. The van der Waals surface area contributed by atoms with Gasteiger partial charge in [-0.25, -0.2) is 4.79 Å². The van der Waals surface area contributed by atoms with Gasteiger partial charge in [-0.3, -0.25) is 0 Å². The normalized spacial score (nSPS) is 12.0. The van der Waals surface area contributed by atoms with Crippen LogP contribution in [-0.2, 0) is 13.1 Å². The van der Waals surface area contributed by atoms with E-state index in [1.165, 1.54) is 22.7 Å². The summed E-state index contributed by atoms with van der Waals surface area (Å²) < 4.78 is 0. The van der Waals surface area contributed by atoms with Crippen molar-refractivity contribution in [2.24, 2.45) is 0 Å². The fourth-order valence-corrected chi connectivity index (χ4v) is 4.44. The molecule has 3 rings (SSSR count). The molecule has 3 heterocycles. The standard InChI is InChI=1S/C16H16N2O2S3/c19-15(13-4-2-8-22-13)14-6-5-12(23-14)10-18-16(20)17-9-11-3-1-7-21-11/h1-8,15,19H,9-10H2,(H2,17,18,20). The van der Waals surface area contributed by atoms with Crippen molar-refractivity contribution in [2.75, 3.05) is 0 Å². The SMILES string of the molecule is O=C(NCc1cccs1)NCc1ccc(C(O)c2cccs2)s1. The minimum Gasteiger partial charge on any atom is -0.382 e. The van der Waals surface area contributed by atoms with E-state index in [-0.39, 0.29) is 6.03 Å². The predicted molar refractivity (Wildman–Crippen MR) is 96.1 cm³/mol. The van der Waals surface area contributed by atoms with Gasteiger partial charge in [0.05, 0.1) is 13.1 Å². The lowest BCUT2D eigenvalue weighted by atomic mass is 10.2. The highest BCUT2D eigenvalue weighted by Gasteiger charge is 2.14. The van der Waals surface area contributed by atoms with Crippen molar-refractivity contribution >= 4 is 40.0 Å². The molecule has 0 aliphatic carbocycles. The minimum atomic E-state index is -0.582. The highest BCUT2D eigenvalue weighted by atomic mass is 32.1. The smallest absolute Gasteiger partial charge is 0.315 e. The summed E-state index contributed by atoms with van der Waals surface area (Å²) in [6.45, 7) is 0.994. The van der Waals surface area contributed by atoms with E-state index in [4.69, 9.17) is 0 Å². The highest BCUT2D eigenvalue weighted by Crippen LogP contribution is 2.30. The van der Waals surface area contributed by atoms with Crippen LogP contribution in [0, 0.1) is 0 Å². The Hall–Kier alpha value is -1.67. The number of hydrogen-bond acceptors (Lipinski definition) is 5. The van der Waals surface area contributed by atoms with E-state index in [0.717, 1.165) is 19.5 Å². The quantitative estimate of drug-likeness (QED) is 0.620. The average Bonchev–Trinajstić information content (AvgIpc) is 3.33. The van der Waals surface area contributed by atoms with E-state index >= 15 is 0 Å². The van der Waals surface area contributed by atoms with Gasteiger partial charge in [-0.05, 0) is 35.0 Å². The number of aliphatic hydroxyl groups excluding tert-OH is 1. The molecule has 1 unspecified atom stereocenters. The molecule has 3 aromatic rings. The summed E-state index contributed by atoms with van der Waals surface area (Å²) in [6.07, 6.45) is -0.582. The number of nitrogens with one attached hydrogen (secondary N) is 2. The Morgan fingerprint density at radius 2 is 1.70 bits per heavy atom. The predicted octanol–water partition coefficient (Wildman–Crippen LogP) is 3.95. The van der Waals surface area contributed by atoms with E-state index in [0.29, 0.717) is 13.1 Å². The van der Waals surface area contributed by atoms with Crippen LogP contribution < -0.4 is 10.6 Å². The lowest BCUT2D eigenvalue weighted by Crippen LogP contribution is -2.34. The van der Waals surface area contributed by atoms with Crippen molar-refractivity contribution in [1.29, 1.82) is 0 Å². The van der Waals surface area contributed by atoms with Gasteiger partial charge in [0.25, 0.3) is 0 Å². The summed E-state index contributed by atoms with van der Waals surface area (Å²) in [5.74, 6) is 0. The summed E-state index contributed by atoms with van der Waals surface area (Å²) in [4.78, 5) is 15.7. The zero-order valence-electron chi connectivity index (χ0n) is 12.2. The molecule has 0 aliphatic heterocycles. The first-order chi connectivity index (χ1) is 11.2. The number of aliphatic hydroxyl groups is 1. The van der Waals surface area contributed by atoms with E-state index in [9.17, 15) is 9.90 Å². The summed E-state index contributed by atoms with van der Waals surface area (Å²) in [6, 6.07) is 11.5. The number of urea groups is 1. The largest absolute Gasteiger partial charge is 0.382 e. The summed E-state index contributed by atoms with van der Waals surface area (Å²) >= 11 is 4.67. The van der Waals surface area contributed by atoms with Crippen LogP contribution in [0.2, 0.25) is 0 Å². The van der Waals surface area contributed by atoms with E-state index in [1.54, 1.807) is 11.3 Å². The molecule has 2 amide bonds. The molecule has 0 spiro atoms. The number of amides is 2. The van der Waals surface area contributed by atoms with Gasteiger partial charge in [-0.2, -0.15) is 0 Å². The van der Waals surface area contributed by atoms with Gasteiger partial charge in [-0.1, -0.05) is 12.1 Å². The lowest BCUT2D eigenvalue weighted by molar-refractivity contribution is 0.228. The van der Waals surface area contributed by atoms with E-state index in [1.807, 2.05) is 47.2 Å². The maximum atomic E-state index is 11.8. The van der Waals surface area contributed by atoms with E-state index < -0.39 is 6.10 Å². The maximum absolute atomic E-state index is 11.8. The summed E-state index contributed by atoms with van der Waals surface area (Å²) in [7, 11) is 0. The molecule has 3 N–H and O–H groups in total. The van der Waals surface area contributed by atoms with Crippen LogP contribution in [-0.4, -0.2) is 11.1 Å². The zero-order chi connectivity index (χ0) is 16.1. The minimum absolute atomic E-state index is 0.188. The molecule has 0 saturated carbocycles. The zero-order valence-corrected chi connectivity index (χ0v) is 14.6. The molecule has 1 atom stereocenters. The van der Waals surface area contributed by atoms with Crippen molar-refractivity contribution in [3.8, 4) is 0 Å². The van der Waals surface area contributed by atoms with Crippen molar-refractivity contribution in [3.05, 3.63) is 66.7 Å². The maximum Gasteiger partial charge on any atom is 0.315 e. The van der Waals surface area contributed by atoms with Crippen molar-refractivity contribution < 1.29 is 9.90 Å². The second kappa shape index (κ2) is 7.74. The first kappa shape index (κ1) is 16.2. The molecule has 0 bridgehead atoms. The van der Waals surface area contributed by atoms with Gasteiger partial charge in [-0.15, -0.1) is 34.0 Å². The van der Waals surface area contributed by atoms with Crippen LogP contribution in [0.1, 0.15) is 25.6 Å². The molecule has 0 aliphatic rings. The molecular weight excluding hydrogens is 348 g/mol. The molecule has 0 aromatic carbocycles. The summed E-state index contributed by atoms with van der Waals surface area (Å²) in [5.41, 5.74) is 0. The second-order valence-electron chi connectivity index (χ2n) is 4.84. The third-order valence-electron chi connectivity index (χ3n) is 3.19. The van der Waals surface area contributed by atoms with Crippen LogP contribution >= 0.6 is 34.0 Å². The Labute approximate surface area is 146 Å². The Balaban J connectivity index is 1.48. The molecule has 0 fully saturated rings. The van der Waals surface area contributed by atoms with Gasteiger partial charge in [0.1, 0.15) is 6.10 Å². The average molecular weight is 365 g/mol. The molecule has 0 saturated heterocycles. The second-order valence-corrected chi connectivity index (χ2v) is 8.05. The molecule has 23 heavy (non-hydrogen) atoms. The Morgan fingerprint density at radius 1 is 0.957 bits per heavy atom.